The van der Waals surface area contributed by atoms with E-state index < -0.39 is 59.5 Å². The van der Waals surface area contributed by atoms with E-state index in [-0.39, 0.29) is 118 Å². The number of nitrogens with one attached hydrogen (secondary N) is 5. The summed E-state index contributed by atoms with van der Waals surface area (Å²) in [7, 11) is 0. The van der Waals surface area contributed by atoms with Crippen LogP contribution in [0.4, 0.5) is 0 Å². The summed E-state index contributed by atoms with van der Waals surface area (Å²) in [5.74, 6) is -3.78. The smallest absolute Gasteiger partial charge is 0.267 e. The molecule has 2 fully saturated rings. The van der Waals surface area contributed by atoms with E-state index in [9.17, 15) is 48.6 Å². The third kappa shape index (κ3) is 31.9. The Morgan fingerprint density at radius 2 is 0.854 bits per heavy atom. The lowest BCUT2D eigenvalue weighted by molar-refractivity contribution is -0.146. The normalized spacial score (nSPS) is 16.2. The van der Waals surface area contributed by atoms with E-state index in [0.29, 0.717) is 72.5 Å². The van der Waals surface area contributed by atoms with Crippen molar-refractivity contribution in [1.29, 1.82) is 0 Å². The van der Waals surface area contributed by atoms with E-state index in [4.69, 9.17) is 34.0 Å². The predicted molar refractivity (Wildman–Crippen MR) is 540 cm³/mol. The molecule has 0 spiro atoms. The van der Waals surface area contributed by atoms with Gasteiger partial charge in [0.15, 0.2) is 5.78 Å². The molecule has 26 nitrogen and oxygen atoms in total. The van der Waals surface area contributed by atoms with Crippen LogP contribution in [-0.4, -0.2) is 233 Å². The SMILES string of the molecule is Cc1ccsc1-c1ccc([C@H](C)NC(=O)[C@H]2C[C@@H](O)CN2C(=O)[C@@H](CC(=O)CCOCCOCCN(CCc2c(C)[nH]c3ccccc23)Cc2ccc(/C=C/C(=O)NO)cc2)C(C)(C)C)cc1.Cc1ccsc1-c1ccc([C@H](C)NC(=O)[C@H]2C[C@@H](O)CN2C(=O)[C@@H](CC(=O)CCOCCOCCOCCN(CCc2c(C)[nH]c3ccccc23)Cc2ccc(/C=C/C(=O)CO)cc2)C(C)(C)C)cc1. The quantitative estimate of drug-likeness (QED) is 0.00740. The number of rotatable bonds is 50. The van der Waals surface area contributed by atoms with Crippen molar-refractivity contribution < 1.29 is 82.6 Å². The molecule has 0 aliphatic carbocycles. The van der Waals surface area contributed by atoms with Gasteiger partial charge in [0.2, 0.25) is 23.6 Å². The predicted octanol–water partition coefficient (Wildman–Crippen LogP) is 16.0. The summed E-state index contributed by atoms with van der Waals surface area (Å²) >= 11 is 3.38. The van der Waals surface area contributed by atoms with Crippen LogP contribution in [0.15, 0.2) is 181 Å². The molecule has 2 saturated heterocycles. The number of aryl methyl sites for hydroxylation is 4. The number of carbonyl (C=O) groups excluding carboxylic acids is 8. The fourth-order valence-electron chi connectivity index (χ4n) is 17.6. The van der Waals surface area contributed by atoms with Crippen LogP contribution in [-0.2, 0) is 88.0 Å². The van der Waals surface area contributed by atoms with Gasteiger partial charge in [-0.1, -0.05) is 181 Å². The third-order valence-corrected chi connectivity index (χ3v) is 27.8. The zero-order chi connectivity index (χ0) is 98.3. The average Bonchev–Trinajstić information content (AvgIpc) is 1.69. The summed E-state index contributed by atoms with van der Waals surface area (Å²) in [5.41, 5.74) is 18.2. The number of Topliss-reactive ketones (excluding diaryl/α,β-unsaturated/α-hetero) is 2. The molecule has 28 heteroatoms. The summed E-state index contributed by atoms with van der Waals surface area (Å²) in [6, 6.07) is 50.8. The number of thiophene rings is 2. The van der Waals surface area contributed by atoms with Gasteiger partial charge in [0, 0.05) is 152 Å². The largest absolute Gasteiger partial charge is 0.391 e. The van der Waals surface area contributed by atoms with Gasteiger partial charge < -0.3 is 69.4 Å². The number of fused-ring (bicyclic) bond motifs is 2. The lowest BCUT2D eigenvalue weighted by Crippen LogP contribution is -2.50. The molecule has 6 heterocycles. The molecule has 10 aromatic rings. The summed E-state index contributed by atoms with van der Waals surface area (Å²) in [6.07, 6.45) is 6.60. The molecule has 4 aromatic heterocycles. The number of aromatic amines is 2. The van der Waals surface area contributed by atoms with Crippen LogP contribution in [0.1, 0.15) is 173 Å². The number of β-amino-alcohol motifs (C(OH)–C–C–N with tert-alkyl or cyclic N) is 2. The number of aliphatic hydroxyl groups excluding tert-OH is 3. The van der Waals surface area contributed by atoms with Gasteiger partial charge in [-0.2, -0.15) is 0 Å². The molecule has 734 valence electrons. The zero-order valence-electron chi connectivity index (χ0n) is 81.4. The maximum Gasteiger partial charge on any atom is 0.267 e. The highest BCUT2D eigenvalue weighted by Crippen LogP contribution is 2.38. The molecule has 12 rings (SSSR count). The molecule has 137 heavy (non-hydrogen) atoms. The van der Waals surface area contributed by atoms with Gasteiger partial charge in [-0.15, -0.1) is 22.7 Å². The Kier molecular flexibility index (Phi) is 40.7. The molecule has 9 N–H and O–H groups in total. The number of H-pyrrole nitrogens is 2. The lowest BCUT2D eigenvalue weighted by atomic mass is 9.76. The van der Waals surface area contributed by atoms with Crippen LogP contribution in [0, 0.1) is 50.4 Å². The summed E-state index contributed by atoms with van der Waals surface area (Å²) in [6.45, 7) is 31.3. The second kappa shape index (κ2) is 52.3. The van der Waals surface area contributed by atoms with Crippen molar-refractivity contribution in [1.82, 2.24) is 45.7 Å². The topological polar surface area (TPSA) is 344 Å². The van der Waals surface area contributed by atoms with Gasteiger partial charge in [-0.05, 0) is 179 Å². The maximum absolute atomic E-state index is 14.2. The molecular weight excluding hydrogens is 1770 g/mol. The second-order valence-electron chi connectivity index (χ2n) is 38.1. The lowest BCUT2D eigenvalue weighted by Gasteiger charge is -2.35. The Morgan fingerprint density at radius 3 is 1.22 bits per heavy atom. The molecule has 2 aliphatic rings. The molecule has 2 aliphatic heterocycles. The van der Waals surface area contributed by atoms with Crippen LogP contribution < -0.4 is 16.1 Å². The molecule has 0 unspecified atom stereocenters. The number of nitrogens with zero attached hydrogens (tertiary/aromatic N) is 4. The molecule has 5 amide bonds. The highest BCUT2D eigenvalue weighted by molar-refractivity contribution is 7.14. The summed E-state index contributed by atoms with van der Waals surface area (Å²) in [5, 5.41) is 51.9. The van der Waals surface area contributed by atoms with Gasteiger partial charge in [0.1, 0.15) is 30.3 Å². The number of carbonyl (C=O) groups is 8. The molecular formula is C109H139N9O17S2. The monoisotopic (exact) mass is 1910 g/mol. The summed E-state index contributed by atoms with van der Waals surface area (Å²) in [4.78, 5) is 122. The van der Waals surface area contributed by atoms with Crippen LogP contribution >= 0.6 is 22.7 Å². The van der Waals surface area contributed by atoms with Gasteiger partial charge in [0.25, 0.3) is 5.91 Å². The first-order chi connectivity index (χ1) is 65.7. The van der Waals surface area contributed by atoms with E-state index in [0.717, 1.165) is 93.7 Å². The third-order valence-electron chi connectivity index (χ3n) is 25.7. The molecule has 0 saturated carbocycles. The van der Waals surface area contributed by atoms with Crippen molar-refractivity contribution in [3.63, 3.8) is 0 Å². The molecule has 8 atom stereocenters. The number of amides is 5. The minimum Gasteiger partial charge on any atom is -0.391 e. The van der Waals surface area contributed by atoms with Crippen molar-refractivity contribution in [3.8, 4) is 20.9 Å². The number of hydrogen-bond donors (Lipinski definition) is 9. The zero-order valence-corrected chi connectivity index (χ0v) is 83.0. The van der Waals surface area contributed by atoms with Crippen LogP contribution in [0.25, 0.3) is 54.8 Å². The highest BCUT2D eigenvalue weighted by Gasteiger charge is 2.47. The van der Waals surface area contributed by atoms with Crippen LogP contribution in [0.2, 0.25) is 0 Å². The van der Waals surface area contributed by atoms with E-state index in [1.807, 2.05) is 128 Å². The number of para-hydroxylation sites is 2. The second-order valence-corrected chi connectivity index (χ2v) is 39.9. The van der Waals surface area contributed by atoms with Crippen molar-refractivity contribution in [3.05, 3.63) is 248 Å². The van der Waals surface area contributed by atoms with Crippen LogP contribution in [0.3, 0.4) is 0 Å². The fourth-order valence-corrected chi connectivity index (χ4v) is 19.5. The Balaban J connectivity index is 0.000000263. The molecule has 0 bridgehead atoms. The van der Waals surface area contributed by atoms with Crippen molar-refractivity contribution in [2.75, 3.05) is 112 Å². The van der Waals surface area contributed by atoms with Crippen molar-refractivity contribution in [2.24, 2.45) is 22.7 Å². The summed E-state index contributed by atoms with van der Waals surface area (Å²) < 4.78 is 29.3. The van der Waals surface area contributed by atoms with Crippen molar-refractivity contribution in [2.45, 2.75) is 184 Å². The standard InChI is InChI=1S/C56H72N4O9S.C53H67N5O8S/c1-38-23-32-70-53(38)44-18-16-43(17-19-44)39(2)58-54(65)52-34-47(64)36-60(52)55(66)50(56(4,5)6)33-45(62)22-26-67-28-30-69-31-29-68-27-25-59(24-21-48-40(3)57-51-10-8-7-9-49(48)51)35-42-13-11-41(12-14-42)15-20-46(63)37-61;1-35-23-30-67-50(35)41-18-16-40(17-19-41)36(2)55-51(62)48-32-43(60)34-58(48)52(63)46(53(4,5)6)31-42(59)22-26-65-28-29-66-27-25-57(24-21-44-37(3)54-47-10-8-7-9-45(44)47)33-39-13-11-38(12-14-39)15-20-49(61)56-64/h7-20,23,32,39,47,50,52,57,61,64H,21-22,24-31,33-37H2,1-6H3,(H,58,65);7-20,23,30,36,43,46,48,54,60,64H,21-22,24-29,31-34H2,1-6H3,(H,55,62)(H,56,61)/b2*20-15+/t39-,47+,50+,52+;36-,43+,46+,48+/m00/s1. The Bertz CT molecular complexity index is 5650. The number of likely N-dealkylation sites (tertiary alicyclic amines) is 2. The van der Waals surface area contributed by atoms with E-state index in [2.05, 4.69) is 154 Å². The van der Waals surface area contributed by atoms with Gasteiger partial charge in [0.05, 0.1) is 90.4 Å². The number of hydrogen-bond acceptors (Lipinski definition) is 21. The van der Waals surface area contributed by atoms with Gasteiger partial charge in [-0.25, -0.2) is 5.48 Å². The number of benzene rings is 6. The Hall–Kier alpha value is -10.8. The molecule has 0 radical (unpaired) electrons. The number of ether oxygens (including phenoxy) is 5. The highest BCUT2D eigenvalue weighted by atomic mass is 32.1. The first kappa shape index (κ1) is 107. The first-order valence-corrected chi connectivity index (χ1v) is 49.5. The maximum atomic E-state index is 14.2. The number of aliphatic hydroxyl groups is 3. The average molecular weight is 1910 g/mol. The minimum absolute atomic E-state index is 0.00377. The number of aromatic nitrogens is 2. The minimum atomic E-state index is -0.846. The van der Waals surface area contributed by atoms with E-state index >= 15 is 0 Å². The van der Waals surface area contributed by atoms with Crippen LogP contribution in [0.5, 0.6) is 0 Å². The Labute approximate surface area is 813 Å². The first-order valence-electron chi connectivity index (χ1n) is 47.7. The number of ketones is 3. The number of hydroxylamine groups is 1. The van der Waals surface area contributed by atoms with Crippen molar-refractivity contribution >= 4 is 104 Å². The Morgan fingerprint density at radius 1 is 0.482 bits per heavy atom. The van der Waals surface area contributed by atoms with E-state index in [1.54, 1.807) is 40.3 Å². The molecule has 6 aromatic carbocycles. The van der Waals surface area contributed by atoms with E-state index in [1.165, 1.54) is 70.4 Å². The fraction of sp³-hybridized carbons (Fsp3) is 0.450. The van der Waals surface area contributed by atoms with Gasteiger partial charge >= 0.3 is 0 Å². The van der Waals surface area contributed by atoms with Gasteiger partial charge in [-0.3, -0.25) is 53.4 Å².